The quantitative estimate of drug-likeness (QED) is 0.448. The Morgan fingerprint density at radius 2 is 2.17 bits per heavy atom. The van der Waals surface area contributed by atoms with E-state index in [9.17, 15) is 0 Å². The van der Waals surface area contributed by atoms with Gasteiger partial charge in [0.05, 0.1) is 12.8 Å². The Kier molecular flexibility index (Phi) is 7.05. The zero-order valence-corrected chi connectivity index (χ0v) is 8.05. The van der Waals surface area contributed by atoms with Crippen LogP contribution in [0.1, 0.15) is 26.7 Å². The Bertz CT molecular complexity index is 117. The first kappa shape index (κ1) is 11.6. The van der Waals surface area contributed by atoms with Crippen LogP contribution in [-0.2, 0) is 4.74 Å². The number of ether oxygens (including phenoxy) is 1. The average molecular weight is 172 g/mol. The van der Waals surface area contributed by atoms with Gasteiger partial charge in [-0.05, 0) is 12.8 Å². The molecule has 0 amide bonds. The molecule has 0 spiro atoms. The molecule has 3 nitrogen and oxygen atoms in total. The summed E-state index contributed by atoms with van der Waals surface area (Å²) in [6.07, 6.45) is 3.65. The molecule has 0 radical (unpaired) electrons. The summed E-state index contributed by atoms with van der Waals surface area (Å²) in [6, 6.07) is 0. The van der Waals surface area contributed by atoms with E-state index in [-0.39, 0.29) is 12.4 Å². The molecule has 0 aliphatic rings. The smallest absolute Gasteiger partial charge is 0.109 e. The average Bonchev–Trinajstić information content (AvgIpc) is 2.11. The van der Waals surface area contributed by atoms with E-state index >= 15 is 0 Å². The van der Waals surface area contributed by atoms with Gasteiger partial charge < -0.3 is 10.5 Å². The fraction of sp³-hybridized carbons (Fsp3) is 0.778. The Hall–Kier alpha value is -0.380. The van der Waals surface area contributed by atoms with Gasteiger partial charge in [0.15, 0.2) is 0 Å². The highest BCUT2D eigenvalue weighted by atomic mass is 16.5. The van der Waals surface area contributed by atoms with E-state index in [4.69, 9.17) is 10.5 Å². The maximum Gasteiger partial charge on any atom is 0.109 e. The third kappa shape index (κ3) is 5.29. The standard InChI is InChI=1S/C9H20N2O/c1-4-7-12-9(6-3)11-8(10)5-2/h4,8-9,11H,1,5-7,10H2,2-3H3. The summed E-state index contributed by atoms with van der Waals surface area (Å²) in [5.41, 5.74) is 5.70. The minimum Gasteiger partial charge on any atom is -0.359 e. The van der Waals surface area contributed by atoms with E-state index in [2.05, 4.69) is 18.8 Å². The van der Waals surface area contributed by atoms with Crippen molar-refractivity contribution in [2.45, 2.75) is 39.1 Å². The van der Waals surface area contributed by atoms with Crippen molar-refractivity contribution in [2.75, 3.05) is 6.61 Å². The van der Waals surface area contributed by atoms with Gasteiger partial charge in [0.25, 0.3) is 0 Å². The van der Waals surface area contributed by atoms with Gasteiger partial charge in [-0.2, -0.15) is 0 Å². The van der Waals surface area contributed by atoms with Gasteiger partial charge >= 0.3 is 0 Å². The summed E-state index contributed by atoms with van der Waals surface area (Å²) in [4.78, 5) is 0. The summed E-state index contributed by atoms with van der Waals surface area (Å²) in [6.45, 7) is 8.25. The third-order valence-corrected chi connectivity index (χ3v) is 1.63. The molecule has 2 atom stereocenters. The van der Waals surface area contributed by atoms with Crippen LogP contribution in [0.4, 0.5) is 0 Å². The maximum absolute atomic E-state index is 5.70. The molecular weight excluding hydrogens is 152 g/mol. The Balaban J connectivity index is 3.58. The van der Waals surface area contributed by atoms with Gasteiger partial charge in [0.2, 0.25) is 0 Å². The number of rotatable bonds is 7. The van der Waals surface area contributed by atoms with Gasteiger partial charge in [-0.3, -0.25) is 5.32 Å². The SMILES string of the molecule is C=CCOC(CC)NC(N)CC. The molecule has 0 aliphatic carbocycles. The minimum atomic E-state index is 0.0276. The fourth-order valence-electron chi connectivity index (χ4n) is 0.825. The maximum atomic E-state index is 5.70. The third-order valence-electron chi connectivity index (χ3n) is 1.63. The Morgan fingerprint density at radius 1 is 1.50 bits per heavy atom. The van der Waals surface area contributed by atoms with E-state index in [1.165, 1.54) is 0 Å². The molecular formula is C9H20N2O. The summed E-state index contributed by atoms with van der Waals surface area (Å²) in [5.74, 6) is 0. The lowest BCUT2D eigenvalue weighted by Crippen LogP contribution is -2.44. The summed E-state index contributed by atoms with van der Waals surface area (Å²) < 4.78 is 5.40. The van der Waals surface area contributed by atoms with Crippen LogP contribution in [0.2, 0.25) is 0 Å². The van der Waals surface area contributed by atoms with Crippen LogP contribution in [0.15, 0.2) is 12.7 Å². The zero-order valence-electron chi connectivity index (χ0n) is 8.05. The first-order chi connectivity index (χ1) is 5.74. The summed E-state index contributed by atoms with van der Waals surface area (Å²) in [7, 11) is 0. The molecule has 0 aromatic heterocycles. The van der Waals surface area contributed by atoms with Crippen molar-refractivity contribution in [3.05, 3.63) is 12.7 Å². The van der Waals surface area contributed by atoms with Crippen LogP contribution < -0.4 is 11.1 Å². The lowest BCUT2D eigenvalue weighted by molar-refractivity contribution is 0.0366. The second-order valence-corrected chi connectivity index (χ2v) is 2.70. The predicted octanol–water partition coefficient (Wildman–Crippen LogP) is 1.21. The molecule has 12 heavy (non-hydrogen) atoms. The largest absolute Gasteiger partial charge is 0.359 e. The Morgan fingerprint density at radius 3 is 2.58 bits per heavy atom. The van der Waals surface area contributed by atoms with E-state index in [0.717, 1.165) is 12.8 Å². The first-order valence-electron chi connectivity index (χ1n) is 4.48. The van der Waals surface area contributed by atoms with Gasteiger partial charge in [-0.1, -0.05) is 19.9 Å². The van der Waals surface area contributed by atoms with E-state index in [1.54, 1.807) is 6.08 Å². The molecule has 0 aliphatic heterocycles. The number of nitrogens with one attached hydrogen (secondary N) is 1. The van der Waals surface area contributed by atoms with Crippen molar-refractivity contribution < 1.29 is 4.74 Å². The highest BCUT2D eigenvalue weighted by Gasteiger charge is 2.07. The second kappa shape index (κ2) is 7.28. The Labute approximate surface area is 75.0 Å². The summed E-state index contributed by atoms with van der Waals surface area (Å²) >= 11 is 0. The van der Waals surface area contributed by atoms with Gasteiger partial charge in [0, 0.05) is 0 Å². The van der Waals surface area contributed by atoms with Crippen molar-refractivity contribution in [3.8, 4) is 0 Å². The lowest BCUT2D eigenvalue weighted by Gasteiger charge is -2.20. The first-order valence-corrected chi connectivity index (χ1v) is 4.48. The fourth-order valence-corrected chi connectivity index (χ4v) is 0.825. The van der Waals surface area contributed by atoms with Crippen LogP contribution in [0.25, 0.3) is 0 Å². The van der Waals surface area contributed by atoms with Crippen LogP contribution >= 0.6 is 0 Å². The predicted molar refractivity (Wildman–Crippen MR) is 51.6 cm³/mol. The van der Waals surface area contributed by atoms with E-state index in [1.807, 2.05) is 6.92 Å². The topological polar surface area (TPSA) is 47.3 Å². The second-order valence-electron chi connectivity index (χ2n) is 2.70. The van der Waals surface area contributed by atoms with Gasteiger partial charge in [0.1, 0.15) is 6.23 Å². The highest BCUT2D eigenvalue weighted by Crippen LogP contribution is 1.95. The molecule has 0 bridgehead atoms. The molecule has 0 fully saturated rings. The molecule has 0 aromatic carbocycles. The van der Waals surface area contributed by atoms with Crippen molar-refractivity contribution in [1.29, 1.82) is 0 Å². The molecule has 0 saturated heterocycles. The van der Waals surface area contributed by atoms with Crippen LogP contribution in [0.3, 0.4) is 0 Å². The molecule has 0 aromatic rings. The lowest BCUT2D eigenvalue weighted by atomic mass is 10.3. The van der Waals surface area contributed by atoms with Crippen molar-refractivity contribution >= 4 is 0 Å². The monoisotopic (exact) mass is 172 g/mol. The van der Waals surface area contributed by atoms with Crippen LogP contribution in [-0.4, -0.2) is 19.0 Å². The van der Waals surface area contributed by atoms with Crippen molar-refractivity contribution in [2.24, 2.45) is 5.73 Å². The van der Waals surface area contributed by atoms with Crippen molar-refractivity contribution in [3.63, 3.8) is 0 Å². The molecule has 2 unspecified atom stereocenters. The van der Waals surface area contributed by atoms with Crippen LogP contribution in [0.5, 0.6) is 0 Å². The van der Waals surface area contributed by atoms with Gasteiger partial charge in [-0.25, -0.2) is 0 Å². The molecule has 0 saturated carbocycles. The number of nitrogens with two attached hydrogens (primary N) is 1. The normalized spacial score (nSPS) is 15.6. The van der Waals surface area contributed by atoms with Crippen LogP contribution in [0, 0.1) is 0 Å². The van der Waals surface area contributed by atoms with E-state index in [0.29, 0.717) is 6.61 Å². The minimum absolute atomic E-state index is 0.0276. The zero-order chi connectivity index (χ0) is 9.40. The number of hydrogen-bond donors (Lipinski definition) is 2. The molecule has 3 heteroatoms. The van der Waals surface area contributed by atoms with Crippen molar-refractivity contribution in [1.82, 2.24) is 5.32 Å². The van der Waals surface area contributed by atoms with E-state index < -0.39 is 0 Å². The molecule has 3 N–H and O–H groups in total. The molecule has 0 rings (SSSR count). The summed E-state index contributed by atoms with van der Waals surface area (Å²) in [5, 5.41) is 3.16. The number of hydrogen-bond acceptors (Lipinski definition) is 3. The molecule has 72 valence electrons. The highest BCUT2D eigenvalue weighted by molar-refractivity contribution is 4.67. The molecule has 0 heterocycles. The van der Waals surface area contributed by atoms with Gasteiger partial charge in [-0.15, -0.1) is 6.58 Å².